The van der Waals surface area contributed by atoms with Crippen molar-refractivity contribution in [1.82, 2.24) is 0 Å². The molecular formula is C17H20O. The van der Waals surface area contributed by atoms with Crippen molar-refractivity contribution >= 4 is 0 Å². The lowest BCUT2D eigenvalue weighted by atomic mass is 9.72. The lowest BCUT2D eigenvalue weighted by molar-refractivity contribution is 0.215. The molecule has 0 aromatic heterocycles. The fourth-order valence-electron chi connectivity index (χ4n) is 2.43. The highest BCUT2D eigenvalue weighted by Gasteiger charge is 2.35. The van der Waals surface area contributed by atoms with E-state index in [2.05, 4.69) is 39.3 Å². The van der Waals surface area contributed by atoms with Crippen LogP contribution < -0.4 is 4.74 Å². The molecule has 94 valence electrons. The number of benzene rings is 1. The first-order chi connectivity index (χ1) is 8.45. The SMILES string of the molecule is C#CC1c2ccccc2OC[C@@H]1C(=C)C(C)(C)C. The number of ether oxygens (including phenoxy) is 1. The molecule has 0 saturated heterocycles. The Labute approximate surface area is 110 Å². The molecule has 18 heavy (non-hydrogen) atoms. The zero-order valence-corrected chi connectivity index (χ0v) is 11.4. The van der Waals surface area contributed by atoms with Crippen molar-refractivity contribution in [3.63, 3.8) is 0 Å². The molecule has 0 fully saturated rings. The van der Waals surface area contributed by atoms with Gasteiger partial charge < -0.3 is 4.74 Å². The lowest BCUT2D eigenvalue weighted by Crippen LogP contribution is -2.31. The fraction of sp³-hybridized carbons (Fsp3) is 0.412. The highest BCUT2D eigenvalue weighted by molar-refractivity contribution is 5.44. The highest BCUT2D eigenvalue weighted by Crippen LogP contribution is 2.43. The van der Waals surface area contributed by atoms with Gasteiger partial charge in [-0.1, -0.05) is 57.0 Å². The van der Waals surface area contributed by atoms with Gasteiger partial charge in [0.05, 0.1) is 12.5 Å². The van der Waals surface area contributed by atoms with Crippen LogP contribution in [0.15, 0.2) is 36.4 Å². The zero-order valence-electron chi connectivity index (χ0n) is 11.4. The van der Waals surface area contributed by atoms with Crippen LogP contribution in [-0.4, -0.2) is 6.61 Å². The van der Waals surface area contributed by atoms with Gasteiger partial charge in [0.2, 0.25) is 0 Å². The van der Waals surface area contributed by atoms with E-state index in [0.29, 0.717) is 6.61 Å². The molecule has 0 radical (unpaired) electrons. The van der Waals surface area contributed by atoms with Gasteiger partial charge >= 0.3 is 0 Å². The number of fused-ring (bicyclic) bond motifs is 1. The Bertz CT molecular complexity index is 499. The lowest BCUT2D eigenvalue weighted by Gasteiger charge is -2.36. The van der Waals surface area contributed by atoms with E-state index in [0.717, 1.165) is 11.3 Å². The second-order valence-electron chi connectivity index (χ2n) is 5.87. The molecule has 0 spiro atoms. The number of rotatable bonds is 1. The summed E-state index contributed by atoms with van der Waals surface area (Å²) in [5.41, 5.74) is 2.33. The summed E-state index contributed by atoms with van der Waals surface area (Å²) < 4.78 is 5.83. The number of hydrogen-bond acceptors (Lipinski definition) is 1. The van der Waals surface area contributed by atoms with Crippen LogP contribution >= 0.6 is 0 Å². The van der Waals surface area contributed by atoms with Crippen LogP contribution in [0.5, 0.6) is 5.75 Å². The molecule has 0 aliphatic carbocycles. The fourth-order valence-corrected chi connectivity index (χ4v) is 2.43. The molecule has 1 unspecified atom stereocenters. The van der Waals surface area contributed by atoms with Crippen LogP contribution in [0.3, 0.4) is 0 Å². The third-order valence-corrected chi connectivity index (χ3v) is 3.67. The van der Waals surface area contributed by atoms with Crippen molar-refractivity contribution in [2.75, 3.05) is 6.61 Å². The van der Waals surface area contributed by atoms with Gasteiger partial charge in [-0.2, -0.15) is 0 Å². The molecule has 1 aromatic rings. The van der Waals surface area contributed by atoms with Crippen LogP contribution in [0.2, 0.25) is 0 Å². The van der Waals surface area contributed by atoms with E-state index in [4.69, 9.17) is 11.2 Å². The van der Waals surface area contributed by atoms with E-state index >= 15 is 0 Å². The molecule has 2 rings (SSSR count). The molecular weight excluding hydrogens is 220 g/mol. The van der Waals surface area contributed by atoms with E-state index < -0.39 is 0 Å². The molecule has 0 bridgehead atoms. The first kappa shape index (κ1) is 12.8. The minimum absolute atomic E-state index is 0.0510. The summed E-state index contributed by atoms with van der Waals surface area (Å²) >= 11 is 0. The maximum atomic E-state index is 5.83. The Balaban J connectivity index is 2.38. The molecule has 1 aliphatic heterocycles. The highest BCUT2D eigenvalue weighted by atomic mass is 16.5. The van der Waals surface area contributed by atoms with Gasteiger partial charge in [0.15, 0.2) is 0 Å². The molecule has 1 nitrogen and oxygen atoms in total. The molecule has 0 saturated carbocycles. The average molecular weight is 240 g/mol. The predicted molar refractivity (Wildman–Crippen MR) is 75.6 cm³/mol. The third-order valence-electron chi connectivity index (χ3n) is 3.67. The van der Waals surface area contributed by atoms with E-state index in [-0.39, 0.29) is 17.3 Å². The van der Waals surface area contributed by atoms with E-state index in [1.54, 1.807) is 0 Å². The third kappa shape index (κ3) is 2.16. The van der Waals surface area contributed by atoms with Crippen LogP contribution in [0, 0.1) is 23.7 Å². The van der Waals surface area contributed by atoms with E-state index in [1.165, 1.54) is 5.57 Å². The summed E-state index contributed by atoms with van der Waals surface area (Å²) in [5, 5.41) is 0. The topological polar surface area (TPSA) is 9.23 Å². The quantitative estimate of drug-likeness (QED) is 0.532. The average Bonchev–Trinajstić information content (AvgIpc) is 2.35. The normalized spacial score (nSPS) is 22.6. The molecule has 1 heteroatoms. The largest absolute Gasteiger partial charge is 0.493 e. The summed E-state index contributed by atoms with van der Waals surface area (Å²) in [6.45, 7) is 11.4. The second kappa shape index (κ2) is 4.53. The van der Waals surface area contributed by atoms with Crippen molar-refractivity contribution < 1.29 is 4.74 Å². The van der Waals surface area contributed by atoms with Gasteiger partial charge in [0.25, 0.3) is 0 Å². The Hall–Kier alpha value is -1.68. The molecule has 0 N–H and O–H groups in total. The van der Waals surface area contributed by atoms with Crippen molar-refractivity contribution in [3.05, 3.63) is 42.0 Å². The maximum absolute atomic E-state index is 5.83. The summed E-state index contributed by atoms with van der Waals surface area (Å²) in [5.74, 6) is 4.11. The number of hydrogen-bond donors (Lipinski definition) is 0. The number of para-hydroxylation sites is 1. The van der Waals surface area contributed by atoms with Crippen molar-refractivity contribution in [2.24, 2.45) is 11.3 Å². The van der Waals surface area contributed by atoms with E-state index in [9.17, 15) is 0 Å². The number of terminal acetylenes is 1. The maximum Gasteiger partial charge on any atom is 0.123 e. The Kier molecular flexibility index (Phi) is 3.22. The van der Waals surface area contributed by atoms with Gasteiger partial charge in [-0.3, -0.25) is 0 Å². The van der Waals surface area contributed by atoms with Crippen LogP contribution in [0.4, 0.5) is 0 Å². The summed E-state index contributed by atoms with van der Waals surface area (Å²) in [6, 6.07) is 8.03. The van der Waals surface area contributed by atoms with Gasteiger partial charge in [0.1, 0.15) is 5.75 Å². The molecule has 0 amide bonds. The van der Waals surface area contributed by atoms with E-state index in [1.807, 2.05) is 18.2 Å². The standard InChI is InChI=1S/C17H20O/c1-6-13-14-9-7-8-10-16(14)18-11-15(13)12(2)17(3,4)5/h1,7-10,13,15H,2,11H2,3-5H3/t13?,15-/m1/s1. The molecule has 1 aromatic carbocycles. The monoisotopic (exact) mass is 240 g/mol. The van der Waals surface area contributed by atoms with Crippen LogP contribution in [0.25, 0.3) is 0 Å². The van der Waals surface area contributed by atoms with Gasteiger partial charge in [0, 0.05) is 11.5 Å². The first-order valence-corrected chi connectivity index (χ1v) is 6.32. The van der Waals surface area contributed by atoms with Gasteiger partial charge in [-0.25, -0.2) is 0 Å². The molecule has 1 heterocycles. The van der Waals surface area contributed by atoms with Crippen LogP contribution in [-0.2, 0) is 0 Å². The first-order valence-electron chi connectivity index (χ1n) is 6.32. The minimum Gasteiger partial charge on any atom is -0.493 e. The summed E-state index contributed by atoms with van der Waals surface area (Å²) in [6.07, 6.45) is 5.74. The van der Waals surface area contributed by atoms with Gasteiger partial charge in [-0.15, -0.1) is 6.42 Å². The van der Waals surface area contributed by atoms with Crippen molar-refractivity contribution in [3.8, 4) is 18.1 Å². The Morgan fingerprint density at radius 1 is 1.39 bits per heavy atom. The van der Waals surface area contributed by atoms with Gasteiger partial charge in [-0.05, 0) is 11.5 Å². The second-order valence-corrected chi connectivity index (χ2v) is 5.87. The minimum atomic E-state index is 0.0510. The molecule has 1 aliphatic rings. The molecule has 2 atom stereocenters. The summed E-state index contributed by atoms with van der Waals surface area (Å²) in [7, 11) is 0. The smallest absolute Gasteiger partial charge is 0.123 e. The van der Waals surface area contributed by atoms with Crippen molar-refractivity contribution in [2.45, 2.75) is 26.7 Å². The predicted octanol–water partition coefficient (Wildman–Crippen LogP) is 4.01. The Morgan fingerprint density at radius 3 is 2.67 bits per heavy atom. The van der Waals surface area contributed by atoms with Crippen LogP contribution in [0.1, 0.15) is 32.3 Å². The summed E-state index contributed by atoms with van der Waals surface area (Å²) in [4.78, 5) is 0. The zero-order chi connectivity index (χ0) is 13.3. The van der Waals surface area contributed by atoms with Crippen molar-refractivity contribution in [1.29, 1.82) is 0 Å². The Morgan fingerprint density at radius 2 is 2.06 bits per heavy atom.